The van der Waals surface area contributed by atoms with Crippen LogP contribution in [0.15, 0.2) is 42.7 Å². The summed E-state index contributed by atoms with van der Waals surface area (Å²) in [6.45, 7) is 6.00. The molecular formula is C17H23ClN4. The Balaban J connectivity index is 0.00000144. The van der Waals surface area contributed by atoms with E-state index < -0.39 is 0 Å². The van der Waals surface area contributed by atoms with Gasteiger partial charge in [0.15, 0.2) is 0 Å². The third-order valence-electron chi connectivity index (χ3n) is 4.90. The molecule has 118 valence electrons. The number of rotatable bonds is 3. The van der Waals surface area contributed by atoms with Crippen LogP contribution in [0.2, 0.25) is 0 Å². The lowest BCUT2D eigenvalue weighted by Crippen LogP contribution is -2.39. The van der Waals surface area contributed by atoms with E-state index in [0.29, 0.717) is 0 Å². The van der Waals surface area contributed by atoms with Gasteiger partial charge in [0, 0.05) is 25.5 Å². The fraction of sp³-hybridized carbons (Fsp3) is 0.471. The van der Waals surface area contributed by atoms with Crippen LogP contribution in [0.3, 0.4) is 0 Å². The molecule has 0 spiro atoms. The second-order valence-electron chi connectivity index (χ2n) is 6.32. The standard InChI is InChI=1S/C17H22N4.ClH/c1-7-19-21(8-1)17-4-2-14(3-5-17)12-20-9-6-15-10-18-11-16(15)13-20;/h1-5,7-8,15-16,18H,6,9-13H2;1H. The normalized spacial score (nSPS) is 24.7. The number of nitrogens with one attached hydrogen (secondary N) is 1. The molecule has 2 atom stereocenters. The third kappa shape index (κ3) is 3.19. The maximum Gasteiger partial charge on any atom is 0.0645 e. The van der Waals surface area contributed by atoms with Crippen LogP contribution in [0.1, 0.15) is 12.0 Å². The van der Waals surface area contributed by atoms with Crippen molar-refractivity contribution in [2.75, 3.05) is 26.2 Å². The molecule has 1 aromatic carbocycles. The summed E-state index contributed by atoms with van der Waals surface area (Å²) in [6.07, 6.45) is 5.14. The zero-order valence-corrected chi connectivity index (χ0v) is 13.5. The largest absolute Gasteiger partial charge is 0.316 e. The first-order valence-electron chi connectivity index (χ1n) is 7.90. The average molecular weight is 319 g/mol. The van der Waals surface area contributed by atoms with Gasteiger partial charge in [-0.05, 0) is 61.7 Å². The molecule has 2 aliphatic rings. The van der Waals surface area contributed by atoms with E-state index in [1.54, 1.807) is 0 Å². The first-order valence-corrected chi connectivity index (χ1v) is 7.90. The monoisotopic (exact) mass is 318 g/mol. The Bertz CT molecular complexity index is 581. The van der Waals surface area contributed by atoms with Gasteiger partial charge in [-0.25, -0.2) is 4.68 Å². The molecule has 0 radical (unpaired) electrons. The van der Waals surface area contributed by atoms with Crippen molar-refractivity contribution in [2.45, 2.75) is 13.0 Å². The highest BCUT2D eigenvalue weighted by molar-refractivity contribution is 5.85. The second kappa shape index (κ2) is 6.82. The minimum Gasteiger partial charge on any atom is -0.316 e. The van der Waals surface area contributed by atoms with E-state index in [1.807, 2.05) is 23.1 Å². The number of halogens is 1. The molecule has 2 aromatic rings. The Morgan fingerprint density at radius 3 is 2.73 bits per heavy atom. The second-order valence-corrected chi connectivity index (χ2v) is 6.32. The first kappa shape index (κ1) is 15.5. The summed E-state index contributed by atoms with van der Waals surface area (Å²) in [5.74, 6) is 1.78. The molecule has 4 rings (SSSR count). The molecule has 0 bridgehead atoms. The highest BCUT2D eigenvalue weighted by Crippen LogP contribution is 2.27. The molecule has 2 aliphatic heterocycles. The van der Waals surface area contributed by atoms with Crippen LogP contribution >= 0.6 is 12.4 Å². The van der Waals surface area contributed by atoms with Gasteiger partial charge < -0.3 is 5.32 Å². The van der Waals surface area contributed by atoms with Crippen LogP contribution in [0, 0.1) is 11.8 Å². The molecular weight excluding hydrogens is 296 g/mol. The molecule has 0 aliphatic carbocycles. The number of benzene rings is 1. The van der Waals surface area contributed by atoms with Crippen LogP contribution in [0.5, 0.6) is 0 Å². The Morgan fingerprint density at radius 1 is 1.14 bits per heavy atom. The summed E-state index contributed by atoms with van der Waals surface area (Å²) in [4.78, 5) is 2.61. The summed E-state index contributed by atoms with van der Waals surface area (Å²) in [6, 6.07) is 10.7. The summed E-state index contributed by atoms with van der Waals surface area (Å²) in [5, 5.41) is 7.80. The van der Waals surface area contributed by atoms with Gasteiger partial charge in [0.05, 0.1) is 5.69 Å². The summed E-state index contributed by atoms with van der Waals surface area (Å²) in [5.41, 5.74) is 2.53. The lowest BCUT2D eigenvalue weighted by atomic mass is 9.88. The van der Waals surface area contributed by atoms with E-state index in [9.17, 15) is 0 Å². The van der Waals surface area contributed by atoms with E-state index in [0.717, 1.165) is 24.1 Å². The number of likely N-dealkylation sites (tertiary alicyclic amines) is 1. The summed E-state index contributed by atoms with van der Waals surface area (Å²) in [7, 11) is 0. The van der Waals surface area contributed by atoms with Gasteiger partial charge in [0.1, 0.15) is 0 Å². The van der Waals surface area contributed by atoms with E-state index in [-0.39, 0.29) is 12.4 Å². The van der Waals surface area contributed by atoms with Crippen molar-refractivity contribution < 1.29 is 0 Å². The lowest BCUT2D eigenvalue weighted by molar-refractivity contribution is 0.142. The molecule has 2 saturated heterocycles. The highest BCUT2D eigenvalue weighted by Gasteiger charge is 2.32. The van der Waals surface area contributed by atoms with Gasteiger partial charge in [-0.1, -0.05) is 12.1 Å². The zero-order chi connectivity index (χ0) is 14.1. The number of fused-ring (bicyclic) bond motifs is 1. The van der Waals surface area contributed by atoms with Crippen molar-refractivity contribution in [1.82, 2.24) is 20.0 Å². The maximum absolute atomic E-state index is 4.27. The molecule has 4 nitrogen and oxygen atoms in total. The van der Waals surface area contributed by atoms with Gasteiger partial charge in [0.25, 0.3) is 0 Å². The molecule has 1 aromatic heterocycles. The van der Waals surface area contributed by atoms with Crippen molar-refractivity contribution in [3.63, 3.8) is 0 Å². The van der Waals surface area contributed by atoms with E-state index in [4.69, 9.17) is 0 Å². The van der Waals surface area contributed by atoms with Crippen molar-refractivity contribution in [3.8, 4) is 5.69 Å². The first-order chi connectivity index (χ1) is 10.4. The van der Waals surface area contributed by atoms with Gasteiger partial charge in [-0.15, -0.1) is 12.4 Å². The predicted molar refractivity (Wildman–Crippen MR) is 90.6 cm³/mol. The molecule has 5 heteroatoms. The Labute approximate surface area is 137 Å². The molecule has 22 heavy (non-hydrogen) atoms. The van der Waals surface area contributed by atoms with Crippen LogP contribution < -0.4 is 5.32 Å². The fourth-order valence-corrected chi connectivity index (χ4v) is 3.69. The third-order valence-corrected chi connectivity index (χ3v) is 4.90. The minimum atomic E-state index is 0. The highest BCUT2D eigenvalue weighted by atomic mass is 35.5. The van der Waals surface area contributed by atoms with Crippen molar-refractivity contribution in [1.29, 1.82) is 0 Å². The molecule has 1 N–H and O–H groups in total. The minimum absolute atomic E-state index is 0. The zero-order valence-electron chi connectivity index (χ0n) is 12.7. The lowest BCUT2D eigenvalue weighted by Gasteiger charge is -2.34. The fourth-order valence-electron chi connectivity index (χ4n) is 3.69. The number of nitrogens with zero attached hydrogens (tertiary/aromatic N) is 3. The Morgan fingerprint density at radius 2 is 1.95 bits per heavy atom. The SMILES string of the molecule is Cl.c1cnn(-c2ccc(CN3CCC4CNCC4C3)cc2)c1. The number of hydrogen-bond donors (Lipinski definition) is 1. The smallest absolute Gasteiger partial charge is 0.0645 e. The van der Waals surface area contributed by atoms with Crippen LogP contribution in [0.4, 0.5) is 0 Å². The van der Waals surface area contributed by atoms with Gasteiger partial charge in [0.2, 0.25) is 0 Å². The molecule has 2 fully saturated rings. The van der Waals surface area contributed by atoms with E-state index in [2.05, 4.69) is 39.6 Å². The van der Waals surface area contributed by atoms with Gasteiger partial charge >= 0.3 is 0 Å². The van der Waals surface area contributed by atoms with E-state index in [1.165, 1.54) is 38.2 Å². The number of aromatic nitrogens is 2. The van der Waals surface area contributed by atoms with E-state index >= 15 is 0 Å². The van der Waals surface area contributed by atoms with Crippen molar-refractivity contribution in [3.05, 3.63) is 48.3 Å². The summed E-state index contributed by atoms with van der Waals surface area (Å²) < 4.78 is 1.90. The molecule has 2 unspecified atom stereocenters. The van der Waals surface area contributed by atoms with Crippen LogP contribution in [-0.2, 0) is 6.54 Å². The van der Waals surface area contributed by atoms with Crippen LogP contribution in [0.25, 0.3) is 5.69 Å². The molecule has 3 heterocycles. The molecule has 0 saturated carbocycles. The topological polar surface area (TPSA) is 33.1 Å². The van der Waals surface area contributed by atoms with Crippen molar-refractivity contribution in [2.24, 2.45) is 11.8 Å². The average Bonchev–Trinajstić information content (AvgIpc) is 3.19. The quantitative estimate of drug-likeness (QED) is 0.943. The van der Waals surface area contributed by atoms with Gasteiger partial charge in [-0.2, -0.15) is 5.10 Å². The Kier molecular flexibility index (Phi) is 4.81. The van der Waals surface area contributed by atoms with Gasteiger partial charge in [-0.3, -0.25) is 4.90 Å². The number of hydrogen-bond acceptors (Lipinski definition) is 3. The van der Waals surface area contributed by atoms with Crippen LogP contribution in [-0.4, -0.2) is 40.9 Å². The Hall–Kier alpha value is -1.36. The number of piperidine rings is 1. The molecule has 0 amide bonds. The maximum atomic E-state index is 4.27. The summed E-state index contributed by atoms with van der Waals surface area (Å²) >= 11 is 0. The van der Waals surface area contributed by atoms with Crippen molar-refractivity contribution >= 4 is 12.4 Å². The predicted octanol–water partition coefficient (Wildman–Crippen LogP) is 2.34.